The maximum atomic E-state index is 4.43. The quantitative estimate of drug-likeness (QED) is 0.681. The first-order chi connectivity index (χ1) is 10.3. The maximum Gasteiger partial charge on any atom is 0.110 e. The predicted molar refractivity (Wildman–Crippen MR) is 82.3 cm³/mol. The van der Waals surface area contributed by atoms with Crippen molar-refractivity contribution in [2.75, 3.05) is 6.54 Å². The van der Waals surface area contributed by atoms with Gasteiger partial charge in [0.2, 0.25) is 0 Å². The number of benzene rings is 1. The van der Waals surface area contributed by atoms with E-state index in [1.807, 2.05) is 37.5 Å². The van der Waals surface area contributed by atoms with Crippen LogP contribution in [0, 0.1) is 6.92 Å². The third-order valence-corrected chi connectivity index (χ3v) is 3.46. The number of aryl methyl sites for hydroxylation is 1. The molecule has 0 unspecified atom stereocenters. The van der Waals surface area contributed by atoms with E-state index in [-0.39, 0.29) is 0 Å². The molecule has 0 aliphatic heterocycles. The molecule has 1 aromatic carbocycles. The fourth-order valence-corrected chi connectivity index (χ4v) is 2.41. The number of rotatable bonds is 6. The summed E-state index contributed by atoms with van der Waals surface area (Å²) in [6.07, 6.45) is 6.45. The van der Waals surface area contributed by atoms with Gasteiger partial charge in [-0.3, -0.25) is 4.57 Å². The van der Waals surface area contributed by atoms with E-state index in [4.69, 9.17) is 0 Å². The average molecular weight is 281 g/mol. The number of para-hydroxylation sites is 1. The summed E-state index contributed by atoms with van der Waals surface area (Å²) in [4.78, 5) is 11.6. The van der Waals surface area contributed by atoms with Gasteiger partial charge in [-0.1, -0.05) is 18.2 Å². The highest BCUT2D eigenvalue weighted by Gasteiger charge is 2.07. The van der Waals surface area contributed by atoms with E-state index in [0.717, 1.165) is 36.7 Å². The zero-order valence-corrected chi connectivity index (χ0v) is 12.1. The second-order valence-electron chi connectivity index (χ2n) is 4.97. The van der Waals surface area contributed by atoms with Crippen LogP contribution in [0.2, 0.25) is 0 Å². The highest BCUT2D eigenvalue weighted by atomic mass is 15.1. The zero-order valence-electron chi connectivity index (χ0n) is 12.1. The van der Waals surface area contributed by atoms with Crippen LogP contribution in [0.4, 0.5) is 0 Å². The summed E-state index contributed by atoms with van der Waals surface area (Å²) in [5.41, 5.74) is 3.47. The van der Waals surface area contributed by atoms with Crippen molar-refractivity contribution >= 4 is 0 Å². The number of imidazole rings is 2. The molecule has 0 aliphatic rings. The molecule has 0 radical (unpaired) electrons. The summed E-state index contributed by atoms with van der Waals surface area (Å²) in [6, 6.07) is 10.3. The molecule has 2 N–H and O–H groups in total. The Morgan fingerprint density at radius 1 is 1.19 bits per heavy atom. The summed E-state index contributed by atoms with van der Waals surface area (Å²) in [6.45, 7) is 3.73. The maximum absolute atomic E-state index is 4.43. The second-order valence-corrected chi connectivity index (χ2v) is 4.97. The molecule has 5 heteroatoms. The molecule has 2 aromatic heterocycles. The molecule has 0 fully saturated rings. The van der Waals surface area contributed by atoms with E-state index in [0.29, 0.717) is 0 Å². The third kappa shape index (κ3) is 3.20. The number of hydrogen-bond acceptors (Lipinski definition) is 3. The first kappa shape index (κ1) is 13.6. The largest absolute Gasteiger partial charge is 0.348 e. The van der Waals surface area contributed by atoms with Gasteiger partial charge in [-0.05, 0) is 19.1 Å². The summed E-state index contributed by atoms with van der Waals surface area (Å²) in [5.74, 6) is 1.01. The van der Waals surface area contributed by atoms with Crippen LogP contribution < -0.4 is 5.32 Å². The molecular weight excluding hydrogens is 262 g/mol. The van der Waals surface area contributed by atoms with Crippen LogP contribution in [0.3, 0.4) is 0 Å². The number of nitrogens with one attached hydrogen (secondary N) is 2. The fourth-order valence-electron chi connectivity index (χ4n) is 2.41. The fraction of sp³-hybridized carbons (Fsp3) is 0.250. The van der Waals surface area contributed by atoms with Gasteiger partial charge in [0.25, 0.3) is 0 Å². The second kappa shape index (κ2) is 6.37. The van der Waals surface area contributed by atoms with Crippen LogP contribution in [0.1, 0.15) is 17.2 Å². The normalized spacial score (nSPS) is 10.9. The van der Waals surface area contributed by atoms with Gasteiger partial charge < -0.3 is 10.3 Å². The Kier molecular flexibility index (Phi) is 4.12. The number of H-pyrrole nitrogens is 1. The van der Waals surface area contributed by atoms with E-state index >= 15 is 0 Å². The van der Waals surface area contributed by atoms with Gasteiger partial charge in [0.05, 0.1) is 18.2 Å². The van der Waals surface area contributed by atoms with Crippen molar-refractivity contribution in [1.29, 1.82) is 0 Å². The van der Waals surface area contributed by atoms with Crippen LogP contribution in [0.5, 0.6) is 0 Å². The first-order valence-corrected chi connectivity index (χ1v) is 7.11. The molecule has 0 saturated heterocycles. The molecule has 0 aliphatic carbocycles. The SMILES string of the molecule is Cc1ncc(CNCCc2cnc[nH]2)n1-c1ccccc1. The van der Waals surface area contributed by atoms with Crippen molar-refractivity contribution in [2.45, 2.75) is 19.9 Å². The Hall–Kier alpha value is -2.40. The Labute approximate surface area is 124 Å². The first-order valence-electron chi connectivity index (χ1n) is 7.11. The number of nitrogens with zero attached hydrogens (tertiary/aromatic N) is 3. The molecule has 0 bridgehead atoms. The molecule has 0 atom stereocenters. The van der Waals surface area contributed by atoms with Gasteiger partial charge in [-0.15, -0.1) is 0 Å². The number of aromatic amines is 1. The zero-order chi connectivity index (χ0) is 14.5. The molecule has 0 spiro atoms. The molecule has 21 heavy (non-hydrogen) atoms. The van der Waals surface area contributed by atoms with Gasteiger partial charge in [0.15, 0.2) is 0 Å². The van der Waals surface area contributed by atoms with E-state index in [1.165, 1.54) is 5.69 Å². The van der Waals surface area contributed by atoms with Crippen LogP contribution in [-0.2, 0) is 13.0 Å². The predicted octanol–water partition coefficient (Wildman–Crippen LogP) is 2.24. The molecular formula is C16H19N5. The number of hydrogen-bond donors (Lipinski definition) is 2. The summed E-state index contributed by atoms with van der Waals surface area (Å²) in [7, 11) is 0. The molecule has 3 aromatic rings. The van der Waals surface area contributed by atoms with Gasteiger partial charge in [-0.25, -0.2) is 9.97 Å². The van der Waals surface area contributed by atoms with Crippen molar-refractivity contribution < 1.29 is 0 Å². The smallest absolute Gasteiger partial charge is 0.110 e. The van der Waals surface area contributed by atoms with Gasteiger partial charge >= 0.3 is 0 Å². The van der Waals surface area contributed by atoms with Gasteiger partial charge in [-0.2, -0.15) is 0 Å². The minimum atomic E-state index is 0.796. The molecule has 108 valence electrons. The van der Waals surface area contributed by atoms with Crippen molar-refractivity contribution in [2.24, 2.45) is 0 Å². The summed E-state index contributed by atoms with van der Waals surface area (Å²) in [5, 5.41) is 3.45. The average Bonchev–Trinajstić information content (AvgIpc) is 3.14. The topological polar surface area (TPSA) is 58.5 Å². The van der Waals surface area contributed by atoms with Crippen LogP contribution in [-0.4, -0.2) is 26.1 Å². The Bertz CT molecular complexity index is 670. The van der Waals surface area contributed by atoms with Crippen LogP contribution >= 0.6 is 0 Å². The minimum Gasteiger partial charge on any atom is -0.348 e. The Morgan fingerprint density at radius 3 is 2.81 bits per heavy atom. The van der Waals surface area contributed by atoms with Crippen molar-refractivity contribution in [1.82, 2.24) is 24.8 Å². The van der Waals surface area contributed by atoms with E-state index in [9.17, 15) is 0 Å². The van der Waals surface area contributed by atoms with Crippen molar-refractivity contribution in [3.8, 4) is 5.69 Å². The molecule has 3 rings (SSSR count). The van der Waals surface area contributed by atoms with E-state index in [2.05, 4.69) is 37.0 Å². The Morgan fingerprint density at radius 2 is 2.05 bits per heavy atom. The summed E-state index contributed by atoms with van der Waals surface area (Å²) < 4.78 is 2.18. The lowest BCUT2D eigenvalue weighted by Gasteiger charge is -2.11. The highest BCUT2D eigenvalue weighted by Crippen LogP contribution is 2.14. The molecule has 2 heterocycles. The monoisotopic (exact) mass is 281 g/mol. The molecule has 0 saturated carbocycles. The molecule has 5 nitrogen and oxygen atoms in total. The Balaban J connectivity index is 1.64. The van der Waals surface area contributed by atoms with Crippen LogP contribution in [0.25, 0.3) is 5.69 Å². The standard InChI is InChI=1S/C16H19N5/c1-13-19-11-16(21(13)15-5-3-2-4-6-15)10-17-8-7-14-9-18-12-20-14/h2-6,9,11-12,17H,7-8,10H2,1H3,(H,18,20). The lowest BCUT2D eigenvalue weighted by atomic mass is 10.3. The lowest BCUT2D eigenvalue weighted by Crippen LogP contribution is -2.19. The van der Waals surface area contributed by atoms with Gasteiger partial charge in [0, 0.05) is 37.1 Å². The number of aromatic nitrogens is 4. The highest BCUT2D eigenvalue weighted by molar-refractivity contribution is 5.35. The van der Waals surface area contributed by atoms with Gasteiger partial charge in [0.1, 0.15) is 5.82 Å². The van der Waals surface area contributed by atoms with Crippen molar-refractivity contribution in [3.63, 3.8) is 0 Å². The third-order valence-electron chi connectivity index (χ3n) is 3.46. The molecule has 0 amide bonds. The minimum absolute atomic E-state index is 0.796. The van der Waals surface area contributed by atoms with Crippen molar-refractivity contribution in [3.05, 3.63) is 66.3 Å². The summed E-state index contributed by atoms with van der Waals surface area (Å²) >= 11 is 0. The van der Waals surface area contributed by atoms with E-state index in [1.54, 1.807) is 6.33 Å². The van der Waals surface area contributed by atoms with Crippen LogP contribution in [0.15, 0.2) is 49.1 Å². The van der Waals surface area contributed by atoms with E-state index < -0.39 is 0 Å². The lowest BCUT2D eigenvalue weighted by molar-refractivity contribution is 0.659.